The van der Waals surface area contributed by atoms with Crippen LogP contribution in [0.25, 0.3) is 10.8 Å². The molecule has 1 N–H and O–H groups in total. The van der Waals surface area contributed by atoms with Crippen LogP contribution in [0.5, 0.6) is 0 Å². The van der Waals surface area contributed by atoms with Crippen LogP contribution in [0.3, 0.4) is 0 Å². The molecule has 2 aromatic carbocycles. The standard InChI is InChI=1S/C19H17BrN4O2/c1-12(2)24-19(26)16-6-4-3-5-15(16)17(23-24)18(25)22-21-11-13-7-9-14(20)10-8-13/h3-12H,1-2H3,(H,22,25)/b21-11-. The number of nitrogens with one attached hydrogen (secondary N) is 1. The Labute approximate surface area is 158 Å². The molecule has 0 atom stereocenters. The van der Waals surface area contributed by atoms with Gasteiger partial charge in [0.1, 0.15) is 0 Å². The number of aromatic nitrogens is 2. The number of fused-ring (bicyclic) bond motifs is 1. The molecule has 0 radical (unpaired) electrons. The zero-order valence-electron chi connectivity index (χ0n) is 14.3. The number of benzene rings is 2. The highest BCUT2D eigenvalue weighted by Gasteiger charge is 2.17. The molecular formula is C19H17BrN4O2. The highest BCUT2D eigenvalue weighted by Crippen LogP contribution is 2.15. The zero-order chi connectivity index (χ0) is 18.7. The molecule has 0 saturated carbocycles. The molecule has 3 rings (SSSR count). The van der Waals surface area contributed by atoms with Crippen molar-refractivity contribution in [3.05, 3.63) is 74.6 Å². The van der Waals surface area contributed by atoms with Crippen LogP contribution in [-0.4, -0.2) is 21.9 Å². The topological polar surface area (TPSA) is 76.3 Å². The van der Waals surface area contributed by atoms with E-state index in [9.17, 15) is 9.59 Å². The second kappa shape index (κ2) is 7.61. The molecular weight excluding hydrogens is 396 g/mol. The maximum Gasteiger partial charge on any atom is 0.292 e. The Kier molecular flexibility index (Phi) is 5.27. The van der Waals surface area contributed by atoms with E-state index < -0.39 is 5.91 Å². The molecule has 1 aromatic heterocycles. The second-order valence-corrected chi connectivity index (χ2v) is 6.90. The third-order valence-electron chi connectivity index (χ3n) is 3.78. The summed E-state index contributed by atoms with van der Waals surface area (Å²) in [6.45, 7) is 3.69. The fourth-order valence-corrected chi connectivity index (χ4v) is 2.76. The van der Waals surface area contributed by atoms with E-state index in [0.717, 1.165) is 10.0 Å². The number of rotatable bonds is 4. The number of carbonyl (C=O) groups excluding carboxylic acids is 1. The lowest BCUT2D eigenvalue weighted by molar-refractivity contribution is 0.0949. The summed E-state index contributed by atoms with van der Waals surface area (Å²) in [6.07, 6.45) is 1.55. The van der Waals surface area contributed by atoms with Crippen molar-refractivity contribution >= 4 is 38.8 Å². The van der Waals surface area contributed by atoms with Crippen molar-refractivity contribution in [3.8, 4) is 0 Å². The van der Waals surface area contributed by atoms with Gasteiger partial charge in [-0.15, -0.1) is 0 Å². The third kappa shape index (κ3) is 3.72. The quantitative estimate of drug-likeness (QED) is 0.526. The number of carbonyl (C=O) groups is 1. The lowest BCUT2D eigenvalue weighted by Crippen LogP contribution is -2.30. The van der Waals surface area contributed by atoms with Crippen LogP contribution in [0.4, 0.5) is 0 Å². The van der Waals surface area contributed by atoms with Gasteiger partial charge in [-0.2, -0.15) is 10.2 Å². The van der Waals surface area contributed by atoms with Crippen molar-refractivity contribution in [2.24, 2.45) is 5.10 Å². The Morgan fingerprint density at radius 1 is 1.15 bits per heavy atom. The predicted octanol–water partition coefficient (Wildman–Crippen LogP) is 3.50. The molecule has 0 spiro atoms. The second-order valence-electron chi connectivity index (χ2n) is 5.99. The summed E-state index contributed by atoms with van der Waals surface area (Å²) >= 11 is 3.36. The van der Waals surface area contributed by atoms with Crippen molar-refractivity contribution < 1.29 is 4.79 Å². The minimum atomic E-state index is -0.469. The molecule has 0 fully saturated rings. The van der Waals surface area contributed by atoms with E-state index >= 15 is 0 Å². The molecule has 0 unspecified atom stereocenters. The van der Waals surface area contributed by atoms with Gasteiger partial charge in [-0.1, -0.05) is 46.3 Å². The van der Waals surface area contributed by atoms with Gasteiger partial charge in [-0.25, -0.2) is 10.1 Å². The van der Waals surface area contributed by atoms with Crippen LogP contribution in [0.15, 0.2) is 62.9 Å². The lowest BCUT2D eigenvalue weighted by atomic mass is 10.1. The first-order valence-electron chi connectivity index (χ1n) is 8.08. The van der Waals surface area contributed by atoms with Gasteiger partial charge in [0.15, 0.2) is 5.69 Å². The number of amides is 1. The van der Waals surface area contributed by atoms with Crippen molar-refractivity contribution in [3.63, 3.8) is 0 Å². The van der Waals surface area contributed by atoms with Gasteiger partial charge in [0.05, 0.1) is 17.6 Å². The fraction of sp³-hybridized carbons (Fsp3) is 0.158. The molecule has 0 aliphatic heterocycles. The van der Waals surface area contributed by atoms with E-state index in [-0.39, 0.29) is 17.3 Å². The van der Waals surface area contributed by atoms with Gasteiger partial charge in [0.25, 0.3) is 11.5 Å². The summed E-state index contributed by atoms with van der Waals surface area (Å²) < 4.78 is 2.28. The summed E-state index contributed by atoms with van der Waals surface area (Å²) in [5.74, 6) is -0.469. The highest BCUT2D eigenvalue weighted by atomic mass is 79.9. The van der Waals surface area contributed by atoms with Gasteiger partial charge < -0.3 is 0 Å². The molecule has 26 heavy (non-hydrogen) atoms. The largest absolute Gasteiger partial charge is 0.292 e. The van der Waals surface area contributed by atoms with Crippen LogP contribution < -0.4 is 11.0 Å². The van der Waals surface area contributed by atoms with Crippen molar-refractivity contribution in [1.29, 1.82) is 0 Å². The highest BCUT2D eigenvalue weighted by molar-refractivity contribution is 9.10. The number of halogens is 1. The first-order chi connectivity index (χ1) is 12.5. The Hall–Kier alpha value is -2.80. The van der Waals surface area contributed by atoms with E-state index in [4.69, 9.17) is 0 Å². The summed E-state index contributed by atoms with van der Waals surface area (Å²) in [6, 6.07) is 14.3. The Balaban J connectivity index is 1.94. The smallest absolute Gasteiger partial charge is 0.267 e. The molecule has 0 saturated heterocycles. The van der Waals surface area contributed by atoms with Crippen LogP contribution in [-0.2, 0) is 0 Å². The number of hydrogen-bond acceptors (Lipinski definition) is 4. The van der Waals surface area contributed by atoms with Gasteiger partial charge in [0.2, 0.25) is 0 Å². The Bertz CT molecular complexity index is 1040. The first-order valence-corrected chi connectivity index (χ1v) is 8.87. The molecule has 6 nitrogen and oxygen atoms in total. The summed E-state index contributed by atoms with van der Waals surface area (Å²) in [5.41, 5.74) is 3.28. The van der Waals surface area contributed by atoms with Crippen molar-refractivity contribution in [2.45, 2.75) is 19.9 Å². The Morgan fingerprint density at radius 2 is 1.81 bits per heavy atom. The normalized spacial score (nSPS) is 11.4. The third-order valence-corrected chi connectivity index (χ3v) is 4.31. The van der Waals surface area contributed by atoms with Crippen LogP contribution in [0.1, 0.15) is 35.9 Å². The summed E-state index contributed by atoms with van der Waals surface area (Å²) in [4.78, 5) is 25.1. The number of nitrogens with zero attached hydrogens (tertiary/aromatic N) is 3. The minimum absolute atomic E-state index is 0.162. The molecule has 1 heterocycles. The first kappa shape index (κ1) is 18.0. The van der Waals surface area contributed by atoms with Gasteiger partial charge >= 0.3 is 0 Å². The monoisotopic (exact) mass is 412 g/mol. The SMILES string of the molecule is CC(C)n1nc(C(=O)N/N=C\c2ccc(Br)cc2)c2ccccc2c1=O. The Morgan fingerprint density at radius 3 is 2.46 bits per heavy atom. The van der Waals surface area contributed by atoms with Gasteiger partial charge in [-0.05, 0) is 37.6 Å². The van der Waals surface area contributed by atoms with E-state index in [2.05, 4.69) is 31.6 Å². The molecule has 1 amide bonds. The van der Waals surface area contributed by atoms with Gasteiger partial charge in [0, 0.05) is 9.86 Å². The van der Waals surface area contributed by atoms with Crippen molar-refractivity contribution in [2.75, 3.05) is 0 Å². The number of hydrogen-bond donors (Lipinski definition) is 1. The van der Waals surface area contributed by atoms with E-state index in [1.165, 1.54) is 4.68 Å². The molecule has 7 heteroatoms. The predicted molar refractivity (Wildman–Crippen MR) is 106 cm³/mol. The molecule has 0 aliphatic rings. The van der Waals surface area contributed by atoms with Crippen LogP contribution in [0, 0.1) is 0 Å². The number of hydrazone groups is 1. The zero-order valence-corrected chi connectivity index (χ0v) is 15.9. The van der Waals surface area contributed by atoms with Crippen molar-refractivity contribution in [1.82, 2.24) is 15.2 Å². The van der Waals surface area contributed by atoms with E-state index in [1.54, 1.807) is 30.5 Å². The summed E-state index contributed by atoms with van der Waals surface area (Å²) in [7, 11) is 0. The van der Waals surface area contributed by atoms with Crippen LogP contribution in [0.2, 0.25) is 0 Å². The molecule has 0 bridgehead atoms. The minimum Gasteiger partial charge on any atom is -0.267 e. The average Bonchev–Trinajstić information content (AvgIpc) is 2.63. The maximum absolute atomic E-state index is 12.6. The van der Waals surface area contributed by atoms with E-state index in [0.29, 0.717) is 10.8 Å². The molecule has 0 aliphatic carbocycles. The van der Waals surface area contributed by atoms with Crippen LogP contribution >= 0.6 is 15.9 Å². The lowest BCUT2D eigenvalue weighted by Gasteiger charge is -2.12. The maximum atomic E-state index is 12.6. The van der Waals surface area contributed by atoms with Gasteiger partial charge in [-0.3, -0.25) is 9.59 Å². The van der Waals surface area contributed by atoms with E-state index in [1.807, 2.05) is 38.1 Å². The fourth-order valence-electron chi connectivity index (χ4n) is 2.49. The average molecular weight is 413 g/mol. The molecule has 3 aromatic rings. The summed E-state index contributed by atoms with van der Waals surface area (Å²) in [5, 5.41) is 9.20. The molecule has 132 valence electrons.